The maximum atomic E-state index is 13.2. The van der Waals surface area contributed by atoms with E-state index in [1.807, 2.05) is 55.5 Å². The van der Waals surface area contributed by atoms with E-state index in [4.69, 9.17) is 4.74 Å². The maximum Gasteiger partial charge on any atom is 0.254 e. The van der Waals surface area contributed by atoms with E-state index < -0.39 is 0 Å². The molecule has 1 fully saturated rings. The lowest BCUT2D eigenvalue weighted by molar-refractivity contribution is -0.125. The summed E-state index contributed by atoms with van der Waals surface area (Å²) in [6, 6.07) is 15.4. The number of amides is 2. The first-order valence-electron chi connectivity index (χ1n) is 10.2. The van der Waals surface area contributed by atoms with Gasteiger partial charge < -0.3 is 15.0 Å². The summed E-state index contributed by atoms with van der Waals surface area (Å²) in [5.74, 6) is 0.681. The zero-order valence-corrected chi connectivity index (χ0v) is 17.6. The highest BCUT2D eigenvalue weighted by molar-refractivity contribution is 5.96. The van der Waals surface area contributed by atoms with Gasteiger partial charge in [0.25, 0.3) is 5.91 Å². The van der Waals surface area contributed by atoms with Gasteiger partial charge in [-0.05, 0) is 36.1 Å². The predicted octanol–water partition coefficient (Wildman–Crippen LogP) is 3.63. The van der Waals surface area contributed by atoms with Crippen molar-refractivity contribution in [2.45, 2.75) is 26.7 Å². The lowest BCUT2D eigenvalue weighted by Crippen LogP contribution is -2.37. The molecule has 1 N–H and O–H groups in total. The normalized spacial score (nSPS) is 18.7. The van der Waals surface area contributed by atoms with E-state index in [2.05, 4.69) is 19.2 Å². The second-order valence-electron chi connectivity index (χ2n) is 8.12. The summed E-state index contributed by atoms with van der Waals surface area (Å²) in [4.78, 5) is 28.0. The Hall–Kier alpha value is -2.82. The minimum Gasteiger partial charge on any atom is -0.496 e. The highest BCUT2D eigenvalue weighted by Crippen LogP contribution is 2.38. The summed E-state index contributed by atoms with van der Waals surface area (Å²) in [6.45, 7) is 7.60. The zero-order chi connectivity index (χ0) is 21.0. The summed E-state index contributed by atoms with van der Waals surface area (Å²) in [6.07, 6.45) is 0. The molecule has 5 heteroatoms. The first-order chi connectivity index (χ1) is 13.9. The number of hydrogen-bond donors (Lipinski definition) is 1. The Morgan fingerprint density at radius 3 is 2.48 bits per heavy atom. The van der Waals surface area contributed by atoms with Crippen LogP contribution < -0.4 is 10.1 Å². The summed E-state index contributed by atoms with van der Waals surface area (Å²) in [7, 11) is 1.64. The molecule has 0 spiro atoms. The van der Waals surface area contributed by atoms with E-state index in [0.717, 1.165) is 16.9 Å². The molecule has 0 bridgehead atoms. The van der Waals surface area contributed by atoms with Crippen molar-refractivity contribution >= 4 is 11.8 Å². The fraction of sp³-hybridized carbons (Fsp3) is 0.417. The molecule has 2 aromatic rings. The number of rotatable bonds is 6. The lowest BCUT2D eigenvalue weighted by atomic mass is 9.87. The number of carbonyl (C=O) groups excluding carboxylic acids is 2. The van der Waals surface area contributed by atoms with Crippen LogP contribution in [-0.4, -0.2) is 43.5 Å². The molecule has 1 aliphatic rings. The Balaban J connectivity index is 1.90. The van der Waals surface area contributed by atoms with Gasteiger partial charge in [0.2, 0.25) is 5.91 Å². The van der Waals surface area contributed by atoms with Gasteiger partial charge in [-0.2, -0.15) is 0 Å². The molecule has 2 aromatic carbocycles. The van der Waals surface area contributed by atoms with Crippen LogP contribution in [0.5, 0.6) is 5.75 Å². The van der Waals surface area contributed by atoms with Crippen LogP contribution in [0, 0.1) is 18.8 Å². The average molecular weight is 395 g/mol. The Kier molecular flexibility index (Phi) is 6.57. The molecular formula is C24H30N2O3. The van der Waals surface area contributed by atoms with Crippen LogP contribution in [0.4, 0.5) is 0 Å². The van der Waals surface area contributed by atoms with Crippen LogP contribution in [-0.2, 0) is 4.79 Å². The molecule has 1 aliphatic heterocycles. The van der Waals surface area contributed by atoms with Crippen molar-refractivity contribution in [3.05, 3.63) is 65.2 Å². The first-order valence-corrected chi connectivity index (χ1v) is 10.2. The van der Waals surface area contributed by atoms with Crippen molar-refractivity contribution in [1.82, 2.24) is 10.2 Å². The number of likely N-dealkylation sites (tertiary alicyclic amines) is 1. The smallest absolute Gasteiger partial charge is 0.254 e. The van der Waals surface area contributed by atoms with Crippen LogP contribution in [0.25, 0.3) is 0 Å². The Morgan fingerprint density at radius 1 is 1.10 bits per heavy atom. The number of aryl methyl sites for hydroxylation is 1. The largest absolute Gasteiger partial charge is 0.496 e. The van der Waals surface area contributed by atoms with Crippen molar-refractivity contribution in [2.24, 2.45) is 11.8 Å². The van der Waals surface area contributed by atoms with Crippen molar-refractivity contribution < 1.29 is 14.3 Å². The number of nitrogens with one attached hydrogen (secondary N) is 1. The van der Waals surface area contributed by atoms with Gasteiger partial charge in [-0.1, -0.05) is 50.2 Å². The quantitative estimate of drug-likeness (QED) is 0.814. The summed E-state index contributed by atoms with van der Waals surface area (Å²) in [5, 5.41) is 3.05. The van der Waals surface area contributed by atoms with E-state index in [-0.39, 0.29) is 23.7 Å². The van der Waals surface area contributed by atoms with Gasteiger partial charge in [-0.3, -0.25) is 9.59 Å². The van der Waals surface area contributed by atoms with Crippen molar-refractivity contribution in [3.63, 3.8) is 0 Å². The van der Waals surface area contributed by atoms with Crippen LogP contribution >= 0.6 is 0 Å². The molecule has 5 nitrogen and oxygen atoms in total. The molecule has 154 valence electrons. The third-order valence-corrected chi connectivity index (χ3v) is 5.54. The van der Waals surface area contributed by atoms with E-state index in [1.54, 1.807) is 12.0 Å². The molecule has 0 saturated carbocycles. The summed E-state index contributed by atoms with van der Waals surface area (Å²) >= 11 is 0. The number of para-hydroxylation sites is 1. The molecule has 3 rings (SSSR count). The number of nitrogens with zero attached hydrogens (tertiary/aromatic N) is 1. The number of methoxy groups -OCH3 is 1. The molecule has 0 aliphatic carbocycles. The van der Waals surface area contributed by atoms with E-state index in [0.29, 0.717) is 31.1 Å². The molecule has 1 saturated heterocycles. The SMILES string of the molecule is COc1ccccc1[C@H]1CN(C(=O)c2ccccc2C)C[C@@H]1C(=O)NCC(C)C. The summed E-state index contributed by atoms with van der Waals surface area (Å²) < 4.78 is 5.55. The first kappa shape index (κ1) is 20.9. The van der Waals surface area contributed by atoms with Crippen LogP contribution in [0.15, 0.2) is 48.5 Å². The minimum atomic E-state index is -0.307. The van der Waals surface area contributed by atoms with Gasteiger partial charge in [0.1, 0.15) is 5.75 Å². The number of ether oxygens (including phenoxy) is 1. The second kappa shape index (κ2) is 9.12. The number of benzene rings is 2. The maximum absolute atomic E-state index is 13.2. The Bertz CT molecular complexity index is 878. The van der Waals surface area contributed by atoms with Crippen LogP contribution in [0.1, 0.15) is 41.3 Å². The zero-order valence-electron chi connectivity index (χ0n) is 17.6. The highest BCUT2D eigenvalue weighted by atomic mass is 16.5. The van der Waals surface area contributed by atoms with Gasteiger partial charge in [0.05, 0.1) is 13.0 Å². The standard InChI is InChI=1S/C24H30N2O3/c1-16(2)13-25-23(27)21-15-26(24(28)18-10-6-5-9-17(18)3)14-20(21)19-11-7-8-12-22(19)29-4/h5-12,16,20-21H,13-15H2,1-4H3,(H,25,27)/t20-,21+/m1/s1. The van der Waals surface area contributed by atoms with Crippen molar-refractivity contribution in [3.8, 4) is 5.75 Å². The van der Waals surface area contributed by atoms with E-state index >= 15 is 0 Å². The molecule has 2 amide bonds. The highest BCUT2D eigenvalue weighted by Gasteiger charge is 2.41. The van der Waals surface area contributed by atoms with Gasteiger partial charge in [0, 0.05) is 31.1 Å². The molecular weight excluding hydrogens is 364 g/mol. The van der Waals surface area contributed by atoms with Gasteiger partial charge in [-0.15, -0.1) is 0 Å². The topological polar surface area (TPSA) is 58.6 Å². The fourth-order valence-corrected chi connectivity index (χ4v) is 3.94. The summed E-state index contributed by atoms with van der Waals surface area (Å²) in [5.41, 5.74) is 2.60. The minimum absolute atomic E-state index is 0.00492. The third-order valence-electron chi connectivity index (χ3n) is 5.54. The van der Waals surface area contributed by atoms with Gasteiger partial charge in [0.15, 0.2) is 0 Å². The average Bonchev–Trinajstić information content (AvgIpc) is 3.17. The third kappa shape index (κ3) is 4.61. The molecule has 29 heavy (non-hydrogen) atoms. The van der Waals surface area contributed by atoms with Gasteiger partial charge in [-0.25, -0.2) is 0 Å². The van der Waals surface area contributed by atoms with E-state index in [9.17, 15) is 9.59 Å². The van der Waals surface area contributed by atoms with Gasteiger partial charge >= 0.3 is 0 Å². The van der Waals surface area contributed by atoms with E-state index in [1.165, 1.54) is 0 Å². The fourth-order valence-electron chi connectivity index (χ4n) is 3.94. The lowest BCUT2D eigenvalue weighted by Gasteiger charge is -2.20. The number of carbonyl (C=O) groups is 2. The van der Waals surface area contributed by atoms with Crippen molar-refractivity contribution in [2.75, 3.05) is 26.7 Å². The molecule has 2 atom stereocenters. The molecule has 0 radical (unpaired) electrons. The Morgan fingerprint density at radius 2 is 1.79 bits per heavy atom. The predicted molar refractivity (Wildman–Crippen MR) is 114 cm³/mol. The number of hydrogen-bond acceptors (Lipinski definition) is 3. The molecule has 1 heterocycles. The molecule has 0 aromatic heterocycles. The van der Waals surface area contributed by atoms with Crippen molar-refractivity contribution in [1.29, 1.82) is 0 Å². The molecule has 0 unspecified atom stereocenters. The second-order valence-corrected chi connectivity index (χ2v) is 8.12. The van der Waals surface area contributed by atoms with Crippen LogP contribution in [0.2, 0.25) is 0 Å². The monoisotopic (exact) mass is 394 g/mol. The van der Waals surface area contributed by atoms with Crippen LogP contribution in [0.3, 0.4) is 0 Å². The Labute approximate surface area is 173 Å².